The van der Waals surface area contributed by atoms with Gasteiger partial charge in [0.1, 0.15) is 12.4 Å². The Hall–Kier alpha value is -2.05. The van der Waals surface area contributed by atoms with Crippen molar-refractivity contribution in [2.75, 3.05) is 26.2 Å². The summed E-state index contributed by atoms with van der Waals surface area (Å²) in [6, 6.07) is -0.0467. The molecular weight excluding hydrogens is 262 g/mol. The third kappa shape index (κ3) is 2.03. The fourth-order valence-corrected chi connectivity index (χ4v) is 2.65. The number of carbonyl (C=O) groups excluding carboxylic acids is 2. The van der Waals surface area contributed by atoms with Crippen LogP contribution < -0.4 is 0 Å². The second kappa shape index (κ2) is 4.81. The monoisotopic (exact) mass is 279 g/mol. The number of aromatic nitrogens is 1. The van der Waals surface area contributed by atoms with Gasteiger partial charge in [-0.1, -0.05) is 13.8 Å². The zero-order valence-corrected chi connectivity index (χ0v) is 11.5. The van der Waals surface area contributed by atoms with Gasteiger partial charge in [0.05, 0.1) is 6.04 Å². The van der Waals surface area contributed by atoms with Gasteiger partial charge in [-0.2, -0.15) is 0 Å². The van der Waals surface area contributed by atoms with E-state index in [2.05, 4.69) is 4.98 Å². The molecule has 2 amide bonds. The Morgan fingerprint density at radius 2 is 2.25 bits per heavy atom. The van der Waals surface area contributed by atoms with Crippen molar-refractivity contribution in [1.82, 2.24) is 14.8 Å². The lowest BCUT2D eigenvalue weighted by Gasteiger charge is -2.35. The van der Waals surface area contributed by atoms with Crippen molar-refractivity contribution in [2.24, 2.45) is 0 Å². The molecule has 0 unspecified atom stereocenters. The summed E-state index contributed by atoms with van der Waals surface area (Å²) in [6.07, 6.45) is 1.02. The average molecular weight is 279 g/mol. The highest BCUT2D eigenvalue weighted by Crippen LogP contribution is 2.23. The second-order valence-electron chi connectivity index (χ2n) is 5.40. The number of carbonyl (C=O) groups is 2. The van der Waals surface area contributed by atoms with Crippen LogP contribution in [0.2, 0.25) is 0 Å². The lowest BCUT2D eigenvalue weighted by Crippen LogP contribution is -2.53. The molecule has 1 aromatic heterocycles. The van der Waals surface area contributed by atoms with Crippen molar-refractivity contribution < 1.29 is 18.7 Å². The topological polar surface area (TPSA) is 75.9 Å². The lowest BCUT2D eigenvalue weighted by atomic mass is 10.1. The zero-order chi connectivity index (χ0) is 14.3. The molecule has 0 radical (unpaired) electrons. The highest BCUT2D eigenvalue weighted by molar-refractivity contribution is 5.93. The molecule has 20 heavy (non-hydrogen) atoms. The molecule has 108 valence electrons. The molecule has 2 aliphatic rings. The molecule has 7 heteroatoms. The highest BCUT2D eigenvalue weighted by atomic mass is 16.6. The minimum Gasteiger partial charge on any atom is -0.447 e. The largest absolute Gasteiger partial charge is 0.447 e. The van der Waals surface area contributed by atoms with E-state index >= 15 is 0 Å². The Morgan fingerprint density at radius 3 is 3.00 bits per heavy atom. The number of ether oxygens (including phenoxy) is 1. The quantitative estimate of drug-likeness (QED) is 0.809. The first-order chi connectivity index (χ1) is 9.58. The van der Waals surface area contributed by atoms with E-state index in [1.165, 1.54) is 6.39 Å². The van der Waals surface area contributed by atoms with Gasteiger partial charge in [0.15, 0.2) is 12.1 Å². The molecule has 0 saturated carbocycles. The van der Waals surface area contributed by atoms with E-state index in [1.807, 2.05) is 13.8 Å². The van der Waals surface area contributed by atoms with Gasteiger partial charge in [0.25, 0.3) is 5.91 Å². The zero-order valence-electron chi connectivity index (χ0n) is 11.5. The first-order valence-corrected chi connectivity index (χ1v) is 6.74. The van der Waals surface area contributed by atoms with E-state index in [9.17, 15) is 9.59 Å². The summed E-state index contributed by atoms with van der Waals surface area (Å²) in [5.41, 5.74) is 0.374. The van der Waals surface area contributed by atoms with Crippen molar-refractivity contribution in [3.8, 4) is 0 Å². The van der Waals surface area contributed by atoms with Gasteiger partial charge in [0.2, 0.25) is 0 Å². The molecule has 3 heterocycles. The van der Waals surface area contributed by atoms with E-state index in [-0.39, 0.29) is 24.0 Å². The number of piperazine rings is 1. The van der Waals surface area contributed by atoms with Crippen molar-refractivity contribution in [1.29, 1.82) is 0 Å². The number of nitrogens with zero attached hydrogens (tertiary/aromatic N) is 3. The third-order valence-electron chi connectivity index (χ3n) is 3.73. The number of cyclic esters (lactones) is 1. The average Bonchev–Trinajstić information content (AvgIpc) is 3.05. The predicted octanol–water partition coefficient (Wildman–Crippen LogP) is 1.07. The Labute approximate surface area is 116 Å². The van der Waals surface area contributed by atoms with E-state index in [4.69, 9.17) is 9.15 Å². The highest BCUT2D eigenvalue weighted by Gasteiger charge is 2.39. The summed E-state index contributed by atoms with van der Waals surface area (Å²) < 4.78 is 10.3. The van der Waals surface area contributed by atoms with Crippen LogP contribution in [-0.4, -0.2) is 59.1 Å². The number of oxazole rings is 1. The van der Waals surface area contributed by atoms with E-state index < -0.39 is 0 Å². The van der Waals surface area contributed by atoms with Gasteiger partial charge in [-0.15, -0.1) is 0 Å². The summed E-state index contributed by atoms with van der Waals surface area (Å²) in [5.74, 6) is 0.576. The smallest absolute Gasteiger partial charge is 0.410 e. The predicted molar refractivity (Wildman–Crippen MR) is 68.3 cm³/mol. The van der Waals surface area contributed by atoms with Crippen LogP contribution in [0.1, 0.15) is 36.0 Å². The molecule has 2 aliphatic heterocycles. The number of fused-ring (bicyclic) bond motifs is 1. The van der Waals surface area contributed by atoms with Crippen LogP contribution >= 0.6 is 0 Å². The number of hydrogen-bond acceptors (Lipinski definition) is 5. The van der Waals surface area contributed by atoms with Crippen molar-refractivity contribution >= 4 is 12.0 Å². The lowest BCUT2D eigenvalue weighted by molar-refractivity contribution is 0.0609. The van der Waals surface area contributed by atoms with Crippen molar-refractivity contribution in [3.05, 3.63) is 17.8 Å². The summed E-state index contributed by atoms with van der Waals surface area (Å²) in [7, 11) is 0. The molecule has 0 bridgehead atoms. The molecule has 0 aromatic carbocycles. The van der Waals surface area contributed by atoms with E-state index in [0.29, 0.717) is 37.7 Å². The number of amides is 2. The fourth-order valence-electron chi connectivity index (χ4n) is 2.65. The second-order valence-corrected chi connectivity index (χ2v) is 5.40. The van der Waals surface area contributed by atoms with Gasteiger partial charge in [-0.3, -0.25) is 9.69 Å². The first kappa shape index (κ1) is 13.0. The van der Waals surface area contributed by atoms with Crippen LogP contribution in [0.15, 0.2) is 10.8 Å². The molecule has 3 rings (SSSR count). The van der Waals surface area contributed by atoms with Crippen molar-refractivity contribution in [2.45, 2.75) is 25.8 Å². The summed E-state index contributed by atoms with van der Waals surface area (Å²) in [5, 5.41) is 0. The van der Waals surface area contributed by atoms with Gasteiger partial charge in [-0.05, 0) is 0 Å². The standard InChI is InChI=1S/C13H17N3O4/c1-8(2)11-10(14-7-20-11)12(17)15-3-4-16-9(5-15)6-19-13(16)18/h7-9H,3-6H2,1-2H3/t9-/m0/s1. The molecule has 2 fully saturated rings. The molecule has 2 saturated heterocycles. The van der Waals surface area contributed by atoms with Crippen LogP contribution in [0.5, 0.6) is 0 Å². The Kier molecular flexibility index (Phi) is 3.11. The van der Waals surface area contributed by atoms with E-state index in [0.717, 1.165) is 0 Å². The van der Waals surface area contributed by atoms with Crippen LogP contribution in [0, 0.1) is 0 Å². The van der Waals surface area contributed by atoms with E-state index in [1.54, 1.807) is 9.80 Å². The normalized spacial score (nSPS) is 22.1. The molecule has 1 aromatic rings. The molecule has 0 spiro atoms. The minimum absolute atomic E-state index is 0.0467. The van der Waals surface area contributed by atoms with Gasteiger partial charge < -0.3 is 14.1 Å². The van der Waals surface area contributed by atoms with Gasteiger partial charge in [0, 0.05) is 25.6 Å². The molecule has 0 N–H and O–H groups in total. The molecule has 1 atom stereocenters. The van der Waals surface area contributed by atoms with Crippen molar-refractivity contribution in [3.63, 3.8) is 0 Å². The summed E-state index contributed by atoms with van der Waals surface area (Å²) >= 11 is 0. The van der Waals surface area contributed by atoms with Crippen LogP contribution in [-0.2, 0) is 4.74 Å². The van der Waals surface area contributed by atoms with Crippen LogP contribution in [0.4, 0.5) is 4.79 Å². The van der Waals surface area contributed by atoms with Gasteiger partial charge in [-0.25, -0.2) is 9.78 Å². The van der Waals surface area contributed by atoms with Crippen LogP contribution in [0.3, 0.4) is 0 Å². The molecular formula is C13H17N3O4. The minimum atomic E-state index is -0.286. The summed E-state index contributed by atoms with van der Waals surface area (Å²) in [6.45, 7) is 5.74. The first-order valence-electron chi connectivity index (χ1n) is 6.74. The molecule has 0 aliphatic carbocycles. The molecule has 7 nitrogen and oxygen atoms in total. The third-order valence-corrected chi connectivity index (χ3v) is 3.73. The Bertz CT molecular complexity index is 539. The van der Waals surface area contributed by atoms with Gasteiger partial charge >= 0.3 is 6.09 Å². The maximum Gasteiger partial charge on any atom is 0.410 e. The Morgan fingerprint density at radius 1 is 1.45 bits per heavy atom. The SMILES string of the molecule is CC(C)c1ocnc1C(=O)N1CCN2C(=O)OC[C@@H]2C1. The number of rotatable bonds is 2. The maximum absolute atomic E-state index is 12.5. The maximum atomic E-state index is 12.5. The summed E-state index contributed by atoms with van der Waals surface area (Å²) in [4.78, 5) is 31.4. The number of hydrogen-bond donors (Lipinski definition) is 0. The van der Waals surface area contributed by atoms with Crippen LogP contribution in [0.25, 0.3) is 0 Å². The Balaban J connectivity index is 1.75. The fraction of sp³-hybridized carbons (Fsp3) is 0.615.